The molecule has 0 radical (unpaired) electrons. The number of nitrogens with zero attached hydrogens (tertiary/aromatic N) is 6. The van der Waals surface area contributed by atoms with Crippen LogP contribution in [0.2, 0.25) is 0 Å². The average Bonchev–Trinajstić information content (AvgIpc) is 2.94. The van der Waals surface area contributed by atoms with Crippen molar-refractivity contribution >= 4 is 104 Å². The van der Waals surface area contributed by atoms with Gasteiger partial charge < -0.3 is 18.3 Å². The van der Waals surface area contributed by atoms with Gasteiger partial charge in [-0.2, -0.15) is 0 Å². The summed E-state index contributed by atoms with van der Waals surface area (Å²) in [7, 11) is 0. The zero-order chi connectivity index (χ0) is 55.0. The first-order chi connectivity index (χ1) is 40.5. The molecule has 0 saturated heterocycles. The van der Waals surface area contributed by atoms with E-state index < -0.39 is 0 Å². The van der Waals surface area contributed by atoms with Crippen LogP contribution in [0.3, 0.4) is 0 Å². The molecule has 0 spiro atoms. The molecule has 0 unspecified atom stereocenters. The van der Waals surface area contributed by atoms with Gasteiger partial charge in [0, 0.05) is 82.5 Å². The minimum absolute atomic E-state index is 0.843. The van der Waals surface area contributed by atoms with Gasteiger partial charge >= 0.3 is 0 Å². The highest BCUT2D eigenvalue weighted by Gasteiger charge is 2.24. The van der Waals surface area contributed by atoms with E-state index in [4.69, 9.17) is 9.97 Å². The van der Waals surface area contributed by atoms with Crippen LogP contribution in [0.15, 0.2) is 280 Å². The highest BCUT2D eigenvalue weighted by Crippen LogP contribution is 2.45. The SMILES string of the molecule is C=C/C(=C\C)c1cccc(/C(C=C)=C/C(=C\C)n2c3ccccc3c3c2ccc2c4ccccc4n(-c4cccc(-n5c6ccccc6c6c5ccc5c7ccccc7n(-c7cccc(-c8cccc(-c9ccccc9)n8)c7)c56)c4)c23)n1. The van der Waals surface area contributed by atoms with E-state index in [0.29, 0.717) is 0 Å². The maximum Gasteiger partial charge on any atom is 0.0710 e. The Morgan fingerprint density at radius 1 is 0.354 bits per heavy atom. The van der Waals surface area contributed by atoms with Crippen molar-refractivity contribution in [1.29, 1.82) is 0 Å². The summed E-state index contributed by atoms with van der Waals surface area (Å²) in [5, 5.41) is 9.55. The summed E-state index contributed by atoms with van der Waals surface area (Å²) < 4.78 is 9.81. The van der Waals surface area contributed by atoms with Gasteiger partial charge in [-0.1, -0.05) is 183 Å². The molecular formula is C76H54N6. The summed E-state index contributed by atoms with van der Waals surface area (Å²) in [6.45, 7) is 12.4. The molecule has 9 aromatic carbocycles. The predicted molar refractivity (Wildman–Crippen MR) is 347 cm³/mol. The summed E-state index contributed by atoms with van der Waals surface area (Å²) in [5.74, 6) is 0. The van der Waals surface area contributed by atoms with Crippen molar-refractivity contribution in [3.63, 3.8) is 0 Å². The van der Waals surface area contributed by atoms with E-state index in [2.05, 4.69) is 269 Å². The van der Waals surface area contributed by atoms with Gasteiger partial charge in [0.2, 0.25) is 0 Å². The van der Waals surface area contributed by atoms with E-state index in [-0.39, 0.29) is 0 Å². The first kappa shape index (κ1) is 48.3. The van der Waals surface area contributed by atoms with E-state index in [9.17, 15) is 0 Å². The number of benzene rings is 9. The van der Waals surface area contributed by atoms with Crippen molar-refractivity contribution in [2.45, 2.75) is 13.8 Å². The second-order valence-electron chi connectivity index (χ2n) is 20.8. The Morgan fingerprint density at radius 2 is 0.829 bits per heavy atom. The lowest BCUT2D eigenvalue weighted by Crippen LogP contribution is -1.99. The molecule has 82 heavy (non-hydrogen) atoms. The van der Waals surface area contributed by atoms with Crippen LogP contribution in [0.4, 0.5) is 0 Å². The third-order valence-corrected chi connectivity index (χ3v) is 16.5. The van der Waals surface area contributed by atoms with Crippen molar-refractivity contribution in [3.05, 3.63) is 292 Å². The summed E-state index contributed by atoms with van der Waals surface area (Å²) in [4.78, 5) is 10.3. The van der Waals surface area contributed by atoms with E-state index in [1.54, 1.807) is 0 Å². The Balaban J connectivity index is 0.930. The Bertz CT molecular complexity index is 5220. The second kappa shape index (κ2) is 19.5. The fourth-order valence-electron chi connectivity index (χ4n) is 12.9. The molecule has 0 aliphatic rings. The van der Waals surface area contributed by atoms with Gasteiger partial charge in [0.25, 0.3) is 0 Å². The number of aromatic nitrogens is 6. The van der Waals surface area contributed by atoms with Crippen LogP contribution < -0.4 is 0 Å². The summed E-state index contributed by atoms with van der Waals surface area (Å²) in [6, 6.07) is 85.4. The first-order valence-corrected chi connectivity index (χ1v) is 28.0. The van der Waals surface area contributed by atoms with Crippen LogP contribution in [0, 0.1) is 0 Å². The molecule has 0 saturated carbocycles. The molecule has 0 aliphatic carbocycles. The number of para-hydroxylation sites is 4. The predicted octanol–water partition coefficient (Wildman–Crippen LogP) is 19.9. The molecule has 0 bridgehead atoms. The van der Waals surface area contributed by atoms with Crippen LogP contribution in [-0.2, 0) is 0 Å². The van der Waals surface area contributed by atoms with Crippen LogP contribution in [-0.4, -0.2) is 28.2 Å². The zero-order valence-corrected chi connectivity index (χ0v) is 45.5. The number of fused-ring (bicyclic) bond motifs is 14. The first-order valence-electron chi connectivity index (χ1n) is 28.0. The van der Waals surface area contributed by atoms with Gasteiger partial charge in [0.05, 0.1) is 66.9 Å². The maximum absolute atomic E-state index is 5.19. The molecule has 0 fully saturated rings. The second-order valence-corrected chi connectivity index (χ2v) is 20.8. The molecule has 0 atom stereocenters. The van der Waals surface area contributed by atoms with Crippen LogP contribution >= 0.6 is 0 Å². The molecule has 0 amide bonds. The summed E-state index contributed by atoms with van der Waals surface area (Å²) in [5.41, 5.74) is 21.0. The monoisotopic (exact) mass is 1050 g/mol. The summed E-state index contributed by atoms with van der Waals surface area (Å²) >= 11 is 0. The standard InChI is InChI=1S/C76H54N6/c1-5-49(6-2)63-34-22-35-64(77-63)50(7-3)46-53(8-4)79-69-40-18-14-32-61(69)73-71(79)44-42-60-58-31-13-17-39-68(58)82(76(60)73)56-29-21-28-55(48-56)80-70-41-19-15-33-62(70)74-72(80)45-43-59-57-30-12-16-38-67(57)81(75(59)74)54-27-20-26-52(47-54)66-37-23-36-65(78-66)51-24-10-9-11-25-51/h5-48H,1,3H2,2,4H3/b49-6+,50-46+,53-8+. The maximum atomic E-state index is 5.19. The van der Waals surface area contributed by atoms with Crippen LogP contribution in [0.1, 0.15) is 25.2 Å². The number of pyridine rings is 2. The van der Waals surface area contributed by atoms with Crippen LogP contribution in [0.25, 0.3) is 144 Å². The van der Waals surface area contributed by atoms with Crippen molar-refractivity contribution in [2.75, 3.05) is 0 Å². The molecule has 6 heteroatoms. The van der Waals surface area contributed by atoms with Crippen molar-refractivity contribution in [3.8, 4) is 39.6 Å². The highest BCUT2D eigenvalue weighted by atomic mass is 15.0. The van der Waals surface area contributed by atoms with Gasteiger partial charge in [-0.25, -0.2) is 9.97 Å². The Morgan fingerprint density at radius 3 is 1.46 bits per heavy atom. The molecule has 0 N–H and O–H groups in total. The molecule has 6 aromatic heterocycles. The normalized spacial score (nSPS) is 12.6. The molecule has 0 aliphatic heterocycles. The third-order valence-electron chi connectivity index (χ3n) is 16.5. The van der Waals surface area contributed by atoms with Crippen molar-refractivity contribution in [1.82, 2.24) is 28.2 Å². The van der Waals surface area contributed by atoms with Gasteiger partial charge in [-0.05, 0) is 116 Å². The minimum atomic E-state index is 0.843. The number of allylic oxidation sites excluding steroid dienone is 8. The Labute approximate surface area is 474 Å². The molecular weight excluding hydrogens is 997 g/mol. The van der Waals surface area contributed by atoms with E-state index in [0.717, 1.165) is 106 Å². The Kier molecular flexibility index (Phi) is 11.5. The number of hydrogen-bond donors (Lipinski definition) is 0. The van der Waals surface area contributed by atoms with Gasteiger partial charge in [-0.3, -0.25) is 0 Å². The minimum Gasteiger partial charge on any atom is -0.309 e. The topological polar surface area (TPSA) is 45.5 Å². The van der Waals surface area contributed by atoms with Gasteiger partial charge in [0.15, 0.2) is 0 Å². The molecule has 6 heterocycles. The highest BCUT2D eigenvalue weighted by molar-refractivity contribution is 6.28. The van der Waals surface area contributed by atoms with Crippen molar-refractivity contribution in [2.24, 2.45) is 0 Å². The molecule has 15 aromatic rings. The molecule has 15 rings (SSSR count). The molecule has 6 nitrogen and oxygen atoms in total. The van der Waals surface area contributed by atoms with Gasteiger partial charge in [0.1, 0.15) is 0 Å². The van der Waals surface area contributed by atoms with Crippen molar-refractivity contribution < 1.29 is 0 Å². The van der Waals surface area contributed by atoms with E-state index in [1.165, 1.54) is 48.6 Å². The lowest BCUT2D eigenvalue weighted by molar-refractivity contribution is 1.14. The summed E-state index contributed by atoms with van der Waals surface area (Å²) in [6.07, 6.45) is 10.2. The number of hydrogen-bond acceptors (Lipinski definition) is 2. The number of rotatable bonds is 11. The van der Waals surface area contributed by atoms with E-state index >= 15 is 0 Å². The smallest absolute Gasteiger partial charge is 0.0710 e. The fraction of sp³-hybridized carbons (Fsp3) is 0.0263. The lowest BCUT2D eigenvalue weighted by Gasteiger charge is -2.14. The lowest BCUT2D eigenvalue weighted by atomic mass is 10.1. The molecule has 388 valence electrons. The average molecular weight is 1050 g/mol. The fourth-order valence-corrected chi connectivity index (χ4v) is 12.9. The van der Waals surface area contributed by atoms with Gasteiger partial charge in [-0.15, -0.1) is 0 Å². The Hall–Kier alpha value is -10.8. The third kappa shape index (κ3) is 7.49. The zero-order valence-electron chi connectivity index (χ0n) is 45.5. The van der Waals surface area contributed by atoms with E-state index in [1.807, 2.05) is 43.4 Å². The van der Waals surface area contributed by atoms with Crippen LogP contribution in [0.5, 0.6) is 0 Å². The quantitative estimate of drug-likeness (QED) is 0.121. The largest absolute Gasteiger partial charge is 0.309 e.